The lowest BCUT2D eigenvalue weighted by atomic mass is 9.94. The lowest BCUT2D eigenvalue weighted by Crippen LogP contribution is -2.35. The standard InChI is InChI=1S/C30H40N2O5/c1-6-8-18-36-24-13-10-22(11-14-24)27-26(29(34)30(35)32(27)17-16-31(4)5)28(33)23-12-15-25(21(3)20-23)37-19-9-7-2/h10-15,20,27,33H,6-9,16-19H2,1-5H3. The Morgan fingerprint density at radius 2 is 1.62 bits per heavy atom. The van der Waals surface area contributed by atoms with Gasteiger partial charge in [-0.05, 0) is 75.3 Å². The minimum Gasteiger partial charge on any atom is -0.507 e. The second kappa shape index (κ2) is 13.3. The summed E-state index contributed by atoms with van der Waals surface area (Å²) < 4.78 is 11.6. The molecule has 1 unspecified atom stereocenters. The Bertz CT molecular complexity index is 1110. The van der Waals surface area contributed by atoms with Crippen LogP contribution in [0.2, 0.25) is 0 Å². The van der Waals surface area contributed by atoms with Crippen LogP contribution < -0.4 is 9.47 Å². The van der Waals surface area contributed by atoms with Gasteiger partial charge in [0.1, 0.15) is 17.3 Å². The van der Waals surface area contributed by atoms with Gasteiger partial charge in [0.05, 0.1) is 24.8 Å². The van der Waals surface area contributed by atoms with Crippen LogP contribution in [0.1, 0.15) is 62.3 Å². The zero-order valence-electron chi connectivity index (χ0n) is 22.8. The number of hydrogen-bond donors (Lipinski definition) is 1. The summed E-state index contributed by atoms with van der Waals surface area (Å²) in [4.78, 5) is 29.9. The maximum absolute atomic E-state index is 13.3. The van der Waals surface area contributed by atoms with E-state index in [2.05, 4.69) is 13.8 Å². The van der Waals surface area contributed by atoms with Crippen molar-refractivity contribution in [1.82, 2.24) is 9.80 Å². The molecule has 7 nitrogen and oxygen atoms in total. The molecule has 0 saturated carbocycles. The molecule has 1 fully saturated rings. The number of carbonyl (C=O) groups is 2. The highest BCUT2D eigenvalue weighted by atomic mass is 16.5. The van der Waals surface area contributed by atoms with E-state index in [1.54, 1.807) is 23.1 Å². The molecule has 1 N–H and O–H groups in total. The lowest BCUT2D eigenvalue weighted by Gasteiger charge is -2.26. The smallest absolute Gasteiger partial charge is 0.295 e. The molecule has 3 rings (SSSR count). The Labute approximate surface area is 220 Å². The molecule has 1 heterocycles. The molecule has 0 aliphatic carbocycles. The summed E-state index contributed by atoms with van der Waals surface area (Å²) in [5.41, 5.74) is 2.18. The van der Waals surface area contributed by atoms with Crippen LogP contribution >= 0.6 is 0 Å². The van der Waals surface area contributed by atoms with Gasteiger partial charge >= 0.3 is 0 Å². The van der Waals surface area contributed by atoms with Gasteiger partial charge in [-0.25, -0.2) is 0 Å². The number of unbranched alkanes of at least 4 members (excludes halogenated alkanes) is 2. The van der Waals surface area contributed by atoms with Gasteiger partial charge in [0.15, 0.2) is 0 Å². The summed E-state index contributed by atoms with van der Waals surface area (Å²) in [6.07, 6.45) is 4.01. The maximum Gasteiger partial charge on any atom is 0.295 e. The van der Waals surface area contributed by atoms with Crippen LogP contribution in [0, 0.1) is 6.92 Å². The zero-order chi connectivity index (χ0) is 26.9. The SMILES string of the molecule is CCCCOc1ccc(C2C(=C(O)c3ccc(OCCCC)c(C)c3)C(=O)C(=O)N2CCN(C)C)cc1. The number of likely N-dealkylation sites (tertiary alicyclic amines) is 1. The zero-order valence-corrected chi connectivity index (χ0v) is 22.8. The predicted molar refractivity (Wildman–Crippen MR) is 146 cm³/mol. The van der Waals surface area contributed by atoms with Crippen molar-refractivity contribution in [2.45, 2.75) is 52.5 Å². The van der Waals surface area contributed by atoms with E-state index in [1.165, 1.54) is 0 Å². The number of Topliss-reactive ketones (excluding diaryl/α,β-unsaturated/α-hetero) is 1. The summed E-state index contributed by atoms with van der Waals surface area (Å²) in [6, 6.07) is 12.1. The molecule has 37 heavy (non-hydrogen) atoms. The van der Waals surface area contributed by atoms with Gasteiger partial charge in [-0.15, -0.1) is 0 Å². The van der Waals surface area contributed by atoms with Crippen molar-refractivity contribution in [1.29, 1.82) is 0 Å². The monoisotopic (exact) mass is 508 g/mol. The third-order valence-electron chi connectivity index (χ3n) is 6.49. The predicted octanol–water partition coefficient (Wildman–Crippen LogP) is 5.34. The number of hydrogen-bond acceptors (Lipinski definition) is 6. The molecule has 1 saturated heterocycles. The molecule has 0 spiro atoms. The summed E-state index contributed by atoms with van der Waals surface area (Å²) >= 11 is 0. The van der Waals surface area contributed by atoms with Crippen LogP contribution in [0.4, 0.5) is 0 Å². The van der Waals surface area contributed by atoms with Crippen molar-refractivity contribution in [3.63, 3.8) is 0 Å². The Balaban J connectivity index is 2.00. The molecule has 2 aromatic carbocycles. The van der Waals surface area contributed by atoms with Crippen LogP contribution in [-0.2, 0) is 9.59 Å². The molecule has 200 valence electrons. The highest BCUT2D eigenvalue weighted by Gasteiger charge is 2.45. The number of ketones is 1. The maximum atomic E-state index is 13.3. The van der Waals surface area contributed by atoms with E-state index in [4.69, 9.17) is 9.47 Å². The number of ether oxygens (including phenoxy) is 2. The van der Waals surface area contributed by atoms with Gasteiger partial charge in [-0.2, -0.15) is 0 Å². The van der Waals surface area contributed by atoms with Gasteiger partial charge < -0.3 is 24.4 Å². The van der Waals surface area contributed by atoms with Crippen molar-refractivity contribution in [2.75, 3.05) is 40.4 Å². The molecule has 1 aliphatic rings. The van der Waals surface area contributed by atoms with Gasteiger partial charge in [0.2, 0.25) is 0 Å². The minimum atomic E-state index is -0.689. The topological polar surface area (TPSA) is 79.3 Å². The number of aliphatic hydroxyl groups is 1. The van der Waals surface area contributed by atoms with Crippen LogP contribution in [0.3, 0.4) is 0 Å². The highest BCUT2D eigenvalue weighted by molar-refractivity contribution is 6.46. The van der Waals surface area contributed by atoms with Crippen LogP contribution in [0.15, 0.2) is 48.0 Å². The normalized spacial score (nSPS) is 17.0. The summed E-state index contributed by atoms with van der Waals surface area (Å²) in [6.45, 7) is 8.32. The van der Waals surface area contributed by atoms with Gasteiger partial charge in [-0.1, -0.05) is 38.8 Å². The van der Waals surface area contributed by atoms with Crippen LogP contribution in [0.5, 0.6) is 11.5 Å². The molecular formula is C30H40N2O5. The quantitative estimate of drug-likeness (QED) is 0.170. The van der Waals surface area contributed by atoms with Crippen molar-refractivity contribution in [3.05, 3.63) is 64.7 Å². The first-order valence-corrected chi connectivity index (χ1v) is 13.2. The Morgan fingerprint density at radius 1 is 0.973 bits per heavy atom. The number of aliphatic hydroxyl groups excluding tert-OH is 1. The minimum absolute atomic E-state index is 0.0995. The molecule has 0 radical (unpaired) electrons. The highest BCUT2D eigenvalue weighted by Crippen LogP contribution is 2.40. The van der Waals surface area contributed by atoms with E-state index in [9.17, 15) is 14.7 Å². The number of aryl methyl sites for hydroxylation is 1. The Morgan fingerprint density at radius 3 is 2.22 bits per heavy atom. The average molecular weight is 509 g/mol. The van der Waals surface area contributed by atoms with Crippen molar-refractivity contribution in [3.8, 4) is 11.5 Å². The fourth-order valence-electron chi connectivity index (χ4n) is 4.29. The van der Waals surface area contributed by atoms with E-state index < -0.39 is 17.7 Å². The Kier molecular flexibility index (Phi) is 10.1. The molecule has 0 bridgehead atoms. The molecule has 7 heteroatoms. The summed E-state index contributed by atoms with van der Waals surface area (Å²) in [5, 5.41) is 11.4. The van der Waals surface area contributed by atoms with Gasteiger partial charge in [0.25, 0.3) is 11.7 Å². The van der Waals surface area contributed by atoms with Crippen molar-refractivity contribution < 1.29 is 24.2 Å². The number of amides is 1. The summed E-state index contributed by atoms with van der Waals surface area (Å²) in [5.74, 6) is 0.0175. The molecule has 1 aliphatic heterocycles. The molecular weight excluding hydrogens is 468 g/mol. The first-order chi connectivity index (χ1) is 17.8. The average Bonchev–Trinajstić information content (AvgIpc) is 3.13. The number of benzene rings is 2. The van der Waals surface area contributed by atoms with Crippen LogP contribution in [-0.4, -0.2) is 67.0 Å². The van der Waals surface area contributed by atoms with Crippen LogP contribution in [0.25, 0.3) is 5.76 Å². The number of likely N-dealkylation sites (N-methyl/N-ethyl adjacent to an activating group) is 1. The fourth-order valence-corrected chi connectivity index (χ4v) is 4.29. The first kappa shape index (κ1) is 28.3. The van der Waals surface area contributed by atoms with Gasteiger partial charge in [-0.3, -0.25) is 9.59 Å². The van der Waals surface area contributed by atoms with Crippen molar-refractivity contribution >= 4 is 17.4 Å². The van der Waals surface area contributed by atoms with E-state index in [0.29, 0.717) is 31.9 Å². The second-order valence-corrected chi connectivity index (χ2v) is 9.75. The number of carbonyl (C=O) groups excluding carboxylic acids is 2. The van der Waals surface area contributed by atoms with E-state index in [-0.39, 0.29) is 11.3 Å². The van der Waals surface area contributed by atoms with Gasteiger partial charge in [0, 0.05) is 18.7 Å². The van der Waals surface area contributed by atoms with E-state index in [0.717, 1.165) is 48.3 Å². The number of rotatable bonds is 13. The largest absolute Gasteiger partial charge is 0.507 e. The first-order valence-electron chi connectivity index (χ1n) is 13.2. The van der Waals surface area contributed by atoms with E-state index >= 15 is 0 Å². The second-order valence-electron chi connectivity index (χ2n) is 9.75. The molecule has 1 amide bonds. The lowest BCUT2D eigenvalue weighted by molar-refractivity contribution is -0.140. The summed E-state index contributed by atoms with van der Waals surface area (Å²) in [7, 11) is 3.84. The number of nitrogens with zero attached hydrogens (tertiary/aromatic N) is 2. The van der Waals surface area contributed by atoms with Crippen molar-refractivity contribution in [2.24, 2.45) is 0 Å². The molecule has 2 aromatic rings. The third-order valence-corrected chi connectivity index (χ3v) is 6.49. The van der Waals surface area contributed by atoms with E-state index in [1.807, 2.05) is 50.2 Å². The third kappa shape index (κ3) is 6.92. The fraction of sp³-hybridized carbons (Fsp3) is 0.467. The Hall–Kier alpha value is -3.32. The molecule has 1 atom stereocenters. The molecule has 0 aromatic heterocycles.